The lowest BCUT2D eigenvalue weighted by molar-refractivity contribution is 0.0624. The van der Waals surface area contributed by atoms with Gasteiger partial charge in [0.05, 0.1) is 17.7 Å². The van der Waals surface area contributed by atoms with E-state index in [4.69, 9.17) is 4.42 Å². The molecule has 0 aromatic carbocycles. The topological polar surface area (TPSA) is 36.7 Å². The van der Waals surface area contributed by atoms with Crippen LogP contribution >= 0.6 is 11.3 Å². The fourth-order valence-electron chi connectivity index (χ4n) is 3.08. The number of carbonyl (C=O) groups is 1. The van der Waals surface area contributed by atoms with Crippen molar-refractivity contribution < 1.29 is 9.21 Å². The van der Waals surface area contributed by atoms with E-state index in [2.05, 4.69) is 16.3 Å². The molecular formula is C17H20N2O2S. The second kappa shape index (κ2) is 5.89. The minimum Gasteiger partial charge on any atom is -0.468 e. The van der Waals surface area contributed by atoms with Gasteiger partial charge in [-0.2, -0.15) is 0 Å². The molecule has 1 aliphatic carbocycles. The highest BCUT2D eigenvalue weighted by atomic mass is 32.1. The van der Waals surface area contributed by atoms with Crippen LogP contribution in [0, 0.1) is 0 Å². The molecule has 0 atom stereocenters. The van der Waals surface area contributed by atoms with Gasteiger partial charge in [-0.05, 0) is 47.9 Å². The number of thiophene rings is 1. The molecular weight excluding hydrogens is 296 g/mol. The number of rotatable bonds is 4. The first kappa shape index (κ1) is 14.0. The number of furan rings is 1. The van der Waals surface area contributed by atoms with Crippen molar-refractivity contribution in [3.63, 3.8) is 0 Å². The zero-order chi connectivity index (χ0) is 14.9. The van der Waals surface area contributed by atoms with Crippen molar-refractivity contribution in [2.45, 2.75) is 25.3 Å². The van der Waals surface area contributed by atoms with E-state index in [1.54, 1.807) is 17.6 Å². The van der Waals surface area contributed by atoms with Gasteiger partial charge in [-0.25, -0.2) is 0 Å². The summed E-state index contributed by atoms with van der Waals surface area (Å²) < 4.78 is 5.40. The van der Waals surface area contributed by atoms with Crippen molar-refractivity contribution >= 4 is 17.2 Å². The molecule has 5 heteroatoms. The summed E-state index contributed by atoms with van der Waals surface area (Å²) >= 11 is 1.60. The van der Waals surface area contributed by atoms with E-state index in [9.17, 15) is 4.79 Å². The monoisotopic (exact) mass is 316 g/mol. The molecule has 2 aliphatic rings. The van der Waals surface area contributed by atoms with Crippen molar-refractivity contribution in [1.29, 1.82) is 0 Å². The fraction of sp³-hybridized carbons (Fsp3) is 0.471. The lowest BCUT2D eigenvalue weighted by atomic mass is 10.1. The van der Waals surface area contributed by atoms with Crippen LogP contribution in [0.1, 0.15) is 39.8 Å². The van der Waals surface area contributed by atoms with Gasteiger partial charge in [-0.1, -0.05) is 0 Å². The van der Waals surface area contributed by atoms with Gasteiger partial charge in [0.2, 0.25) is 0 Å². The highest BCUT2D eigenvalue weighted by Crippen LogP contribution is 2.43. The molecule has 1 saturated heterocycles. The van der Waals surface area contributed by atoms with Crippen LogP contribution in [-0.2, 0) is 6.54 Å². The van der Waals surface area contributed by atoms with Gasteiger partial charge < -0.3 is 9.32 Å². The van der Waals surface area contributed by atoms with Crippen molar-refractivity contribution in [3.8, 4) is 0 Å². The highest BCUT2D eigenvalue weighted by Gasteiger charge is 2.31. The van der Waals surface area contributed by atoms with E-state index in [-0.39, 0.29) is 5.91 Å². The molecule has 0 radical (unpaired) electrons. The Morgan fingerprint density at radius 2 is 2.05 bits per heavy atom. The molecule has 1 saturated carbocycles. The summed E-state index contributed by atoms with van der Waals surface area (Å²) in [5, 5.41) is 2.06. The van der Waals surface area contributed by atoms with Crippen LogP contribution in [-0.4, -0.2) is 41.9 Å². The standard InChI is InChI=1S/C17H20N2O2S/c20-17(16-15(5-11-22-16)13-3-4-13)19-8-6-18(7-9-19)12-14-2-1-10-21-14/h1-2,5,10-11,13H,3-4,6-9,12H2. The van der Waals surface area contributed by atoms with E-state index in [0.717, 1.165) is 43.4 Å². The Balaban J connectivity index is 1.36. The van der Waals surface area contributed by atoms with Gasteiger partial charge in [0.25, 0.3) is 5.91 Å². The molecule has 0 spiro atoms. The maximum Gasteiger partial charge on any atom is 0.264 e. The summed E-state index contributed by atoms with van der Waals surface area (Å²) in [6, 6.07) is 6.07. The van der Waals surface area contributed by atoms with Crippen LogP contribution in [0.4, 0.5) is 0 Å². The number of hydrogen-bond donors (Lipinski definition) is 0. The first-order chi connectivity index (χ1) is 10.8. The van der Waals surface area contributed by atoms with Crippen molar-refractivity contribution in [2.75, 3.05) is 26.2 Å². The first-order valence-electron chi connectivity index (χ1n) is 7.92. The van der Waals surface area contributed by atoms with Crippen LogP contribution in [0.15, 0.2) is 34.3 Å². The number of hydrogen-bond acceptors (Lipinski definition) is 4. The molecule has 1 amide bonds. The van der Waals surface area contributed by atoms with E-state index in [1.165, 1.54) is 18.4 Å². The summed E-state index contributed by atoms with van der Waals surface area (Å²) in [6.45, 7) is 4.28. The summed E-state index contributed by atoms with van der Waals surface area (Å²) in [5.41, 5.74) is 1.29. The number of piperazine rings is 1. The van der Waals surface area contributed by atoms with Crippen LogP contribution in [0.3, 0.4) is 0 Å². The molecule has 0 bridgehead atoms. The zero-order valence-electron chi connectivity index (χ0n) is 12.5. The molecule has 22 heavy (non-hydrogen) atoms. The molecule has 1 aliphatic heterocycles. The third-order valence-corrected chi connectivity index (χ3v) is 5.44. The maximum atomic E-state index is 12.7. The van der Waals surface area contributed by atoms with Crippen molar-refractivity contribution in [2.24, 2.45) is 0 Å². The second-order valence-corrected chi connectivity index (χ2v) is 7.04. The Labute approximate surface area is 134 Å². The second-order valence-electron chi connectivity index (χ2n) is 6.13. The summed E-state index contributed by atoms with van der Waals surface area (Å²) in [4.78, 5) is 18.1. The third-order valence-electron chi connectivity index (χ3n) is 4.53. The summed E-state index contributed by atoms with van der Waals surface area (Å²) in [5.74, 6) is 1.87. The van der Waals surface area contributed by atoms with E-state index in [0.29, 0.717) is 5.92 Å². The predicted octanol–water partition coefficient (Wildman–Crippen LogP) is 3.18. The van der Waals surface area contributed by atoms with Gasteiger partial charge in [0.15, 0.2) is 0 Å². The molecule has 2 fully saturated rings. The van der Waals surface area contributed by atoms with Crippen LogP contribution in [0.2, 0.25) is 0 Å². The van der Waals surface area contributed by atoms with Gasteiger partial charge in [-0.15, -0.1) is 11.3 Å². The lowest BCUT2D eigenvalue weighted by Crippen LogP contribution is -2.48. The normalized spacial score (nSPS) is 19.5. The molecule has 4 nitrogen and oxygen atoms in total. The lowest BCUT2D eigenvalue weighted by Gasteiger charge is -2.34. The quantitative estimate of drug-likeness (QED) is 0.869. The molecule has 2 aromatic heterocycles. The molecule has 0 unspecified atom stereocenters. The Morgan fingerprint density at radius 1 is 1.23 bits per heavy atom. The fourth-order valence-corrected chi connectivity index (χ4v) is 4.04. The molecule has 2 aromatic rings. The Hall–Kier alpha value is -1.59. The molecule has 116 valence electrons. The number of amides is 1. The smallest absolute Gasteiger partial charge is 0.264 e. The zero-order valence-corrected chi connectivity index (χ0v) is 13.3. The van der Waals surface area contributed by atoms with Gasteiger partial charge in [-0.3, -0.25) is 9.69 Å². The van der Waals surface area contributed by atoms with Gasteiger partial charge >= 0.3 is 0 Å². The molecule has 0 N–H and O–H groups in total. The van der Waals surface area contributed by atoms with Gasteiger partial charge in [0.1, 0.15) is 5.76 Å². The highest BCUT2D eigenvalue weighted by molar-refractivity contribution is 7.12. The average Bonchev–Trinajstić information content (AvgIpc) is 3.06. The minimum absolute atomic E-state index is 0.231. The van der Waals surface area contributed by atoms with E-state index >= 15 is 0 Å². The SMILES string of the molecule is O=C(c1sccc1C1CC1)N1CCN(Cc2ccco2)CC1. The average molecular weight is 316 g/mol. The Bertz CT molecular complexity index is 637. The van der Waals surface area contributed by atoms with Crippen LogP contribution < -0.4 is 0 Å². The van der Waals surface area contributed by atoms with Crippen molar-refractivity contribution in [3.05, 3.63) is 46.0 Å². The maximum absolute atomic E-state index is 12.7. The van der Waals surface area contributed by atoms with Crippen LogP contribution in [0.25, 0.3) is 0 Å². The number of carbonyl (C=O) groups excluding carboxylic acids is 1. The summed E-state index contributed by atoms with van der Waals surface area (Å²) in [7, 11) is 0. The molecule has 3 heterocycles. The Kier molecular flexibility index (Phi) is 3.76. The van der Waals surface area contributed by atoms with Crippen LogP contribution in [0.5, 0.6) is 0 Å². The predicted molar refractivity (Wildman–Crippen MR) is 86.2 cm³/mol. The van der Waals surface area contributed by atoms with Gasteiger partial charge in [0, 0.05) is 26.2 Å². The first-order valence-corrected chi connectivity index (χ1v) is 8.80. The third kappa shape index (κ3) is 2.83. The van der Waals surface area contributed by atoms with E-state index < -0.39 is 0 Å². The number of nitrogens with zero attached hydrogens (tertiary/aromatic N) is 2. The largest absolute Gasteiger partial charge is 0.468 e. The summed E-state index contributed by atoms with van der Waals surface area (Å²) in [6.07, 6.45) is 4.20. The Morgan fingerprint density at radius 3 is 2.73 bits per heavy atom. The van der Waals surface area contributed by atoms with E-state index in [1.807, 2.05) is 17.0 Å². The minimum atomic E-state index is 0.231. The van der Waals surface area contributed by atoms with Crippen molar-refractivity contribution in [1.82, 2.24) is 9.80 Å². The molecule has 4 rings (SSSR count).